The fraction of sp³-hybridized carbons (Fsp3) is 1.00. The summed E-state index contributed by atoms with van der Waals surface area (Å²) in [5, 5.41) is 3.43. The van der Waals surface area contributed by atoms with Crippen LogP contribution in [0.1, 0.15) is 52.9 Å². The summed E-state index contributed by atoms with van der Waals surface area (Å²) in [6.07, 6.45) is 7.23. The molecular weight excluding hydrogens is 226 g/mol. The van der Waals surface area contributed by atoms with Gasteiger partial charge in [0.25, 0.3) is 0 Å². The molecule has 0 bridgehead atoms. The smallest absolute Gasteiger partial charge is 0.0940 e. The van der Waals surface area contributed by atoms with E-state index in [9.17, 15) is 0 Å². The maximum atomic E-state index is 6.15. The molecule has 0 aromatic heterocycles. The molecule has 3 heteroatoms. The highest BCUT2D eigenvalue weighted by Crippen LogP contribution is 2.29. The predicted molar refractivity (Wildman–Crippen MR) is 73.8 cm³/mol. The van der Waals surface area contributed by atoms with Crippen molar-refractivity contribution in [2.45, 2.75) is 70.7 Å². The Morgan fingerprint density at radius 3 is 2.78 bits per heavy atom. The number of nitrogens with one attached hydrogen (secondary N) is 1. The Kier molecular flexibility index (Phi) is 5.05. The lowest BCUT2D eigenvalue weighted by Gasteiger charge is -2.38. The number of hydrogen-bond acceptors (Lipinski definition) is 3. The van der Waals surface area contributed by atoms with E-state index in [0.29, 0.717) is 6.10 Å². The first-order chi connectivity index (χ1) is 8.61. The van der Waals surface area contributed by atoms with Gasteiger partial charge in [-0.05, 0) is 32.6 Å². The molecule has 0 radical (unpaired) electrons. The molecule has 0 aromatic carbocycles. The van der Waals surface area contributed by atoms with Crippen LogP contribution in [0.4, 0.5) is 0 Å². The summed E-state index contributed by atoms with van der Waals surface area (Å²) in [4.78, 5) is 0. The SMILES string of the molecule is CCC1CCCCC1OCC1CNCC(C)(C)O1. The minimum atomic E-state index is -0.0526. The third-order valence-electron chi connectivity index (χ3n) is 4.27. The first-order valence-electron chi connectivity index (χ1n) is 7.61. The van der Waals surface area contributed by atoms with Crippen LogP contribution in [0, 0.1) is 5.92 Å². The summed E-state index contributed by atoms with van der Waals surface area (Å²) >= 11 is 0. The Bertz CT molecular complexity index is 255. The van der Waals surface area contributed by atoms with Crippen LogP contribution in [-0.4, -0.2) is 37.5 Å². The lowest BCUT2D eigenvalue weighted by molar-refractivity contribution is -0.138. The Balaban J connectivity index is 1.76. The van der Waals surface area contributed by atoms with Crippen molar-refractivity contribution in [3.63, 3.8) is 0 Å². The second-order valence-corrected chi connectivity index (χ2v) is 6.46. The zero-order valence-corrected chi connectivity index (χ0v) is 12.2. The number of hydrogen-bond donors (Lipinski definition) is 1. The molecule has 0 amide bonds. The third kappa shape index (κ3) is 3.94. The maximum Gasteiger partial charge on any atom is 0.0940 e. The Labute approximate surface area is 112 Å². The first kappa shape index (κ1) is 14.3. The molecule has 2 aliphatic rings. The van der Waals surface area contributed by atoms with Crippen molar-refractivity contribution in [3.05, 3.63) is 0 Å². The van der Waals surface area contributed by atoms with Gasteiger partial charge >= 0.3 is 0 Å². The van der Waals surface area contributed by atoms with Gasteiger partial charge in [-0.25, -0.2) is 0 Å². The summed E-state index contributed by atoms with van der Waals surface area (Å²) in [6.45, 7) is 9.17. The van der Waals surface area contributed by atoms with E-state index in [4.69, 9.17) is 9.47 Å². The van der Waals surface area contributed by atoms with Crippen molar-refractivity contribution in [2.24, 2.45) is 5.92 Å². The second kappa shape index (κ2) is 6.36. The molecule has 3 unspecified atom stereocenters. The topological polar surface area (TPSA) is 30.5 Å². The quantitative estimate of drug-likeness (QED) is 0.838. The van der Waals surface area contributed by atoms with Crippen molar-refractivity contribution in [2.75, 3.05) is 19.7 Å². The van der Waals surface area contributed by atoms with Crippen LogP contribution in [0.3, 0.4) is 0 Å². The Morgan fingerprint density at radius 1 is 1.28 bits per heavy atom. The van der Waals surface area contributed by atoms with Gasteiger partial charge in [-0.2, -0.15) is 0 Å². The zero-order chi connectivity index (χ0) is 13.0. The van der Waals surface area contributed by atoms with E-state index in [1.807, 2.05) is 0 Å². The van der Waals surface area contributed by atoms with E-state index in [1.165, 1.54) is 32.1 Å². The molecule has 0 spiro atoms. The second-order valence-electron chi connectivity index (χ2n) is 6.46. The Hall–Kier alpha value is -0.120. The number of rotatable bonds is 4. The number of ether oxygens (including phenoxy) is 2. The lowest BCUT2D eigenvalue weighted by atomic mass is 9.85. The van der Waals surface area contributed by atoms with Crippen molar-refractivity contribution < 1.29 is 9.47 Å². The molecule has 2 rings (SSSR count). The molecule has 1 aliphatic heterocycles. The molecule has 1 aliphatic carbocycles. The van der Waals surface area contributed by atoms with Crippen molar-refractivity contribution in [1.29, 1.82) is 0 Å². The third-order valence-corrected chi connectivity index (χ3v) is 4.27. The van der Waals surface area contributed by atoms with Gasteiger partial charge in [0, 0.05) is 13.1 Å². The highest BCUT2D eigenvalue weighted by atomic mass is 16.6. The van der Waals surface area contributed by atoms with Crippen LogP contribution < -0.4 is 5.32 Å². The van der Waals surface area contributed by atoms with E-state index in [2.05, 4.69) is 26.1 Å². The van der Waals surface area contributed by atoms with Crippen molar-refractivity contribution >= 4 is 0 Å². The van der Waals surface area contributed by atoms with Crippen LogP contribution >= 0.6 is 0 Å². The first-order valence-corrected chi connectivity index (χ1v) is 7.61. The Morgan fingerprint density at radius 2 is 2.06 bits per heavy atom. The molecule has 2 fully saturated rings. The van der Waals surface area contributed by atoms with Gasteiger partial charge in [-0.3, -0.25) is 0 Å². The van der Waals surface area contributed by atoms with Crippen molar-refractivity contribution in [3.8, 4) is 0 Å². The molecule has 1 N–H and O–H groups in total. The van der Waals surface area contributed by atoms with Crippen molar-refractivity contribution in [1.82, 2.24) is 5.32 Å². The fourth-order valence-electron chi connectivity index (χ4n) is 3.25. The van der Waals surface area contributed by atoms with E-state index in [1.54, 1.807) is 0 Å². The van der Waals surface area contributed by atoms with Crippen LogP contribution in [0.2, 0.25) is 0 Å². The highest BCUT2D eigenvalue weighted by molar-refractivity contribution is 4.82. The predicted octanol–water partition coefficient (Wildman–Crippen LogP) is 2.74. The van der Waals surface area contributed by atoms with Gasteiger partial charge in [-0.15, -0.1) is 0 Å². The van der Waals surface area contributed by atoms with Gasteiger partial charge in [0.1, 0.15) is 0 Å². The van der Waals surface area contributed by atoms with Crippen LogP contribution in [0.5, 0.6) is 0 Å². The average molecular weight is 255 g/mol. The van der Waals surface area contributed by atoms with Gasteiger partial charge in [0.05, 0.1) is 24.4 Å². The average Bonchev–Trinajstić information content (AvgIpc) is 2.35. The molecule has 1 saturated heterocycles. The van der Waals surface area contributed by atoms with Crippen LogP contribution in [0.25, 0.3) is 0 Å². The molecule has 3 atom stereocenters. The molecule has 0 aromatic rings. The standard InChI is InChI=1S/C15H29NO2/c1-4-12-7-5-6-8-14(12)17-10-13-9-16-11-15(2,3)18-13/h12-14,16H,4-11H2,1-3H3. The van der Waals surface area contributed by atoms with Gasteiger partial charge in [0.15, 0.2) is 0 Å². The zero-order valence-electron chi connectivity index (χ0n) is 12.2. The molecule has 1 saturated carbocycles. The van der Waals surface area contributed by atoms with Gasteiger partial charge in [-0.1, -0.05) is 26.2 Å². The lowest BCUT2D eigenvalue weighted by Crippen LogP contribution is -2.52. The minimum absolute atomic E-state index is 0.0526. The summed E-state index contributed by atoms with van der Waals surface area (Å²) in [7, 11) is 0. The minimum Gasteiger partial charge on any atom is -0.375 e. The summed E-state index contributed by atoms with van der Waals surface area (Å²) < 4.78 is 12.2. The van der Waals surface area contributed by atoms with Gasteiger partial charge in [0.2, 0.25) is 0 Å². The molecule has 106 valence electrons. The largest absolute Gasteiger partial charge is 0.375 e. The monoisotopic (exact) mass is 255 g/mol. The van der Waals surface area contributed by atoms with Crippen LogP contribution in [-0.2, 0) is 9.47 Å². The van der Waals surface area contributed by atoms with E-state index >= 15 is 0 Å². The van der Waals surface area contributed by atoms with E-state index in [0.717, 1.165) is 25.6 Å². The highest BCUT2D eigenvalue weighted by Gasteiger charge is 2.30. The normalized spacial score (nSPS) is 36.5. The number of morpholine rings is 1. The molecule has 1 heterocycles. The van der Waals surface area contributed by atoms with Crippen LogP contribution in [0.15, 0.2) is 0 Å². The molecule has 18 heavy (non-hydrogen) atoms. The van der Waals surface area contributed by atoms with E-state index < -0.39 is 0 Å². The summed E-state index contributed by atoms with van der Waals surface area (Å²) in [6, 6.07) is 0. The van der Waals surface area contributed by atoms with E-state index in [-0.39, 0.29) is 11.7 Å². The molecule has 3 nitrogen and oxygen atoms in total. The van der Waals surface area contributed by atoms with Gasteiger partial charge < -0.3 is 14.8 Å². The maximum absolute atomic E-state index is 6.15. The fourth-order valence-corrected chi connectivity index (χ4v) is 3.25. The summed E-state index contributed by atoms with van der Waals surface area (Å²) in [5.41, 5.74) is -0.0526. The summed E-state index contributed by atoms with van der Waals surface area (Å²) in [5.74, 6) is 0.767. The molecular formula is C15H29NO2.